The molecule has 2 nitrogen and oxygen atoms in total. The first-order valence-electron chi connectivity index (χ1n) is 6.59. The number of allylic oxidation sites excluding steroid dienone is 2. The highest BCUT2D eigenvalue weighted by Gasteiger charge is 2.81. The smallest absolute Gasteiger partial charge is 0.312 e. The molecule has 0 N–H and O–H groups in total. The third-order valence-electron chi connectivity index (χ3n) is 6.31. The first-order valence-corrected chi connectivity index (χ1v) is 6.59. The number of cyclic esters (lactones) is 1. The number of hydrogen-bond donors (Lipinski definition) is 0. The molecule has 5 aliphatic rings. The minimum atomic E-state index is 0.00250. The Kier molecular flexibility index (Phi) is 1.10. The van der Waals surface area contributed by atoms with Crippen LogP contribution in [0.1, 0.15) is 19.8 Å². The van der Waals surface area contributed by atoms with Crippen LogP contribution in [0.2, 0.25) is 0 Å². The van der Waals surface area contributed by atoms with Gasteiger partial charge in [-0.2, -0.15) is 0 Å². The maximum absolute atomic E-state index is 12.1. The van der Waals surface area contributed by atoms with E-state index in [1.807, 2.05) is 0 Å². The van der Waals surface area contributed by atoms with E-state index in [1.165, 1.54) is 6.42 Å². The van der Waals surface area contributed by atoms with Crippen LogP contribution in [0.5, 0.6) is 0 Å². The van der Waals surface area contributed by atoms with Gasteiger partial charge >= 0.3 is 5.97 Å². The molecule has 4 aliphatic carbocycles. The quantitative estimate of drug-likeness (QED) is 0.457. The average Bonchev–Trinajstić information content (AvgIpc) is 2.60. The van der Waals surface area contributed by atoms with Crippen LogP contribution < -0.4 is 0 Å². The van der Waals surface area contributed by atoms with Crippen LogP contribution in [-0.4, -0.2) is 12.6 Å². The predicted molar refractivity (Wildman–Crippen MR) is 57.3 cm³/mol. The Morgan fingerprint density at radius 1 is 1.50 bits per heavy atom. The summed E-state index contributed by atoms with van der Waals surface area (Å²) in [6.45, 7) is 3.00. The van der Waals surface area contributed by atoms with Gasteiger partial charge in [0, 0.05) is 0 Å². The van der Waals surface area contributed by atoms with Gasteiger partial charge in [0.1, 0.15) is 0 Å². The minimum absolute atomic E-state index is 0.00250. The molecule has 5 rings (SSSR count). The van der Waals surface area contributed by atoms with Crippen molar-refractivity contribution in [2.45, 2.75) is 19.8 Å². The Balaban J connectivity index is 1.73. The normalized spacial score (nSPS) is 63.8. The number of fused-ring (bicyclic) bond motifs is 1. The fourth-order valence-corrected chi connectivity index (χ4v) is 6.00. The average molecular weight is 216 g/mol. The van der Waals surface area contributed by atoms with Crippen molar-refractivity contribution in [2.24, 2.45) is 40.9 Å². The first kappa shape index (κ1) is 8.32. The molecule has 7 atom stereocenters. The van der Waals surface area contributed by atoms with E-state index >= 15 is 0 Å². The molecular weight excluding hydrogens is 200 g/mol. The lowest BCUT2D eigenvalue weighted by Gasteiger charge is -2.33. The topological polar surface area (TPSA) is 26.3 Å². The molecule has 84 valence electrons. The largest absolute Gasteiger partial charge is 0.465 e. The third kappa shape index (κ3) is 0.602. The molecule has 0 aromatic carbocycles. The Hall–Kier alpha value is -0.790. The molecule has 3 saturated carbocycles. The number of rotatable bonds is 0. The van der Waals surface area contributed by atoms with E-state index in [1.54, 1.807) is 5.57 Å². The Morgan fingerprint density at radius 3 is 3.25 bits per heavy atom. The van der Waals surface area contributed by atoms with E-state index in [2.05, 4.69) is 13.0 Å². The van der Waals surface area contributed by atoms with E-state index < -0.39 is 0 Å². The second-order valence-electron chi connectivity index (χ2n) is 6.65. The number of esters is 1. The predicted octanol–water partition coefficient (Wildman–Crippen LogP) is 2.01. The summed E-state index contributed by atoms with van der Waals surface area (Å²) in [6, 6.07) is 0. The molecule has 1 saturated heterocycles. The van der Waals surface area contributed by atoms with E-state index in [-0.39, 0.29) is 11.4 Å². The van der Waals surface area contributed by atoms with Crippen LogP contribution in [0, 0.1) is 40.9 Å². The minimum Gasteiger partial charge on any atom is -0.465 e. The molecule has 4 fully saturated rings. The molecule has 0 aromatic rings. The van der Waals surface area contributed by atoms with Crippen molar-refractivity contribution in [3.63, 3.8) is 0 Å². The van der Waals surface area contributed by atoms with Gasteiger partial charge < -0.3 is 4.74 Å². The zero-order valence-electron chi connectivity index (χ0n) is 9.48. The van der Waals surface area contributed by atoms with Crippen LogP contribution in [0.3, 0.4) is 0 Å². The molecule has 1 aliphatic heterocycles. The first-order chi connectivity index (χ1) is 7.73. The Bertz CT molecular complexity index is 452. The molecule has 0 unspecified atom stereocenters. The van der Waals surface area contributed by atoms with Crippen LogP contribution in [0.4, 0.5) is 0 Å². The second kappa shape index (κ2) is 2.12. The van der Waals surface area contributed by atoms with Gasteiger partial charge in [0.05, 0.1) is 12.0 Å². The van der Waals surface area contributed by atoms with Crippen LogP contribution in [0.25, 0.3) is 0 Å². The fraction of sp³-hybridized carbons (Fsp3) is 0.786. The number of carbonyl (C=O) groups is 1. The lowest BCUT2D eigenvalue weighted by molar-refractivity contribution is -0.163. The van der Waals surface area contributed by atoms with Gasteiger partial charge in [-0.05, 0) is 55.3 Å². The molecule has 1 spiro atoms. The van der Waals surface area contributed by atoms with Gasteiger partial charge in [0.25, 0.3) is 0 Å². The van der Waals surface area contributed by atoms with Gasteiger partial charge in [0.15, 0.2) is 0 Å². The highest BCUT2D eigenvalue weighted by atomic mass is 16.5. The van der Waals surface area contributed by atoms with E-state index in [4.69, 9.17) is 4.74 Å². The molecule has 0 radical (unpaired) electrons. The van der Waals surface area contributed by atoms with Crippen LogP contribution in [0.15, 0.2) is 11.6 Å². The standard InChI is InChI=1S/C14H16O2/c1-6-2-7-3-8-5-16-13(15)14-4-9(14)10(6)11(7)12(8)14/h2,7-12H,3-5H2,1H3/t7-,8-,9-,10+,11+,12+,14+/m1/s1. The molecule has 0 bridgehead atoms. The summed E-state index contributed by atoms with van der Waals surface area (Å²) in [4.78, 5) is 12.1. The molecule has 2 heteroatoms. The number of carbonyl (C=O) groups excluding carboxylic acids is 1. The summed E-state index contributed by atoms with van der Waals surface area (Å²) in [5.74, 6) is 4.51. The summed E-state index contributed by atoms with van der Waals surface area (Å²) in [5.41, 5.74) is 1.58. The number of ether oxygens (including phenoxy) is 1. The number of hydrogen-bond acceptors (Lipinski definition) is 2. The Morgan fingerprint density at radius 2 is 2.38 bits per heavy atom. The monoisotopic (exact) mass is 216 g/mol. The van der Waals surface area contributed by atoms with Crippen molar-refractivity contribution in [3.05, 3.63) is 11.6 Å². The van der Waals surface area contributed by atoms with Gasteiger partial charge in [-0.1, -0.05) is 11.6 Å². The zero-order valence-corrected chi connectivity index (χ0v) is 9.48. The van der Waals surface area contributed by atoms with Crippen molar-refractivity contribution < 1.29 is 9.53 Å². The van der Waals surface area contributed by atoms with E-state index in [0.717, 1.165) is 24.2 Å². The zero-order chi connectivity index (χ0) is 10.7. The molecule has 0 amide bonds. The van der Waals surface area contributed by atoms with Crippen molar-refractivity contribution in [3.8, 4) is 0 Å². The lowest BCUT2D eigenvalue weighted by atomic mass is 9.77. The summed E-state index contributed by atoms with van der Waals surface area (Å²) >= 11 is 0. The van der Waals surface area contributed by atoms with E-state index in [9.17, 15) is 4.79 Å². The lowest BCUT2D eigenvalue weighted by Crippen LogP contribution is -2.39. The summed E-state index contributed by atoms with van der Waals surface area (Å²) < 4.78 is 5.46. The van der Waals surface area contributed by atoms with Gasteiger partial charge in [-0.25, -0.2) is 0 Å². The highest BCUT2D eigenvalue weighted by molar-refractivity contribution is 5.83. The molecule has 16 heavy (non-hydrogen) atoms. The SMILES string of the molecule is CC1=C[C@@H]2C[C@@H]3COC(=O)[C@@]45C[C@@H]4[C@H]1[C@H]2[C@H]35. The van der Waals surface area contributed by atoms with Crippen molar-refractivity contribution in [1.29, 1.82) is 0 Å². The Labute approximate surface area is 95.0 Å². The fourth-order valence-electron chi connectivity index (χ4n) is 6.00. The maximum atomic E-state index is 12.1. The van der Waals surface area contributed by atoms with Gasteiger partial charge in [0.2, 0.25) is 0 Å². The van der Waals surface area contributed by atoms with E-state index in [0.29, 0.717) is 24.4 Å². The second-order valence-corrected chi connectivity index (χ2v) is 6.65. The van der Waals surface area contributed by atoms with Crippen molar-refractivity contribution in [2.75, 3.05) is 6.61 Å². The molecular formula is C14H16O2. The maximum Gasteiger partial charge on any atom is 0.312 e. The molecule has 0 aromatic heterocycles. The van der Waals surface area contributed by atoms with Gasteiger partial charge in [-0.15, -0.1) is 0 Å². The van der Waals surface area contributed by atoms with Crippen LogP contribution >= 0.6 is 0 Å². The van der Waals surface area contributed by atoms with Crippen molar-refractivity contribution >= 4 is 5.97 Å². The summed E-state index contributed by atoms with van der Waals surface area (Å²) in [5, 5.41) is 0. The molecule has 1 heterocycles. The van der Waals surface area contributed by atoms with Gasteiger partial charge in [-0.3, -0.25) is 4.79 Å². The third-order valence-corrected chi connectivity index (χ3v) is 6.31. The highest BCUT2D eigenvalue weighted by Crippen LogP contribution is 2.80. The summed E-state index contributed by atoms with van der Waals surface area (Å²) in [6.07, 6.45) is 4.93. The van der Waals surface area contributed by atoms with Crippen molar-refractivity contribution in [1.82, 2.24) is 0 Å². The summed E-state index contributed by atoms with van der Waals surface area (Å²) in [7, 11) is 0. The van der Waals surface area contributed by atoms with Crippen LogP contribution in [-0.2, 0) is 9.53 Å².